The maximum Gasteiger partial charge on any atom is 0.255 e. The van der Waals surface area contributed by atoms with Crippen LogP contribution in [0, 0.1) is 0 Å². The molecule has 0 bridgehead atoms. The summed E-state index contributed by atoms with van der Waals surface area (Å²) in [6.07, 6.45) is 0. The maximum atomic E-state index is 13.0. The number of aliphatic imine (C=N–C) groups is 2. The molecule has 0 spiro atoms. The Morgan fingerprint density at radius 3 is 1.57 bits per heavy atom. The average Bonchev–Trinajstić information content (AvgIpc) is 3.59. The lowest BCUT2D eigenvalue weighted by atomic mass is 10.1. The van der Waals surface area contributed by atoms with Crippen LogP contribution >= 0.6 is 36.4 Å². The minimum atomic E-state index is -0.368. The van der Waals surface area contributed by atoms with Crippen LogP contribution < -0.4 is 21.3 Å². The molecular formula is C26H25Cl3N6O2. The highest BCUT2D eigenvalue weighted by Crippen LogP contribution is 2.20. The first-order valence-corrected chi connectivity index (χ1v) is 11.6. The fraction of sp³-hybridized carbons (Fsp3) is 0.154. The first-order valence-electron chi connectivity index (χ1n) is 11.3. The number of amides is 2. The van der Waals surface area contributed by atoms with E-state index in [1.807, 2.05) is 36.4 Å². The monoisotopic (exact) mass is 558 g/mol. The normalized spacial score (nSPS) is 13.6. The van der Waals surface area contributed by atoms with Gasteiger partial charge in [0.15, 0.2) is 0 Å². The molecule has 11 heteroatoms. The molecule has 3 aromatic carbocycles. The quantitative estimate of drug-likeness (QED) is 0.359. The fourth-order valence-electron chi connectivity index (χ4n) is 3.93. The predicted molar refractivity (Wildman–Crippen MR) is 154 cm³/mol. The zero-order valence-electron chi connectivity index (χ0n) is 19.6. The van der Waals surface area contributed by atoms with Gasteiger partial charge in [0, 0.05) is 51.7 Å². The third-order valence-electron chi connectivity index (χ3n) is 5.56. The summed E-state index contributed by atoms with van der Waals surface area (Å²) in [5, 5.41) is 12.5. The number of nitrogens with one attached hydrogen (secondary N) is 4. The molecular weight excluding hydrogens is 535 g/mol. The lowest BCUT2D eigenvalue weighted by molar-refractivity contribution is 0.102. The Hall–Kier alpha value is -3.59. The number of benzene rings is 3. The summed E-state index contributed by atoms with van der Waals surface area (Å²) in [5.74, 6) is 0.880. The lowest BCUT2D eigenvalue weighted by Crippen LogP contribution is -2.20. The molecule has 5 rings (SSSR count). The Morgan fingerprint density at radius 2 is 1.16 bits per heavy atom. The smallest absolute Gasteiger partial charge is 0.255 e. The molecule has 0 saturated carbocycles. The molecule has 0 aromatic heterocycles. The Labute approximate surface area is 231 Å². The van der Waals surface area contributed by atoms with Crippen LogP contribution in [0.4, 0.5) is 11.4 Å². The van der Waals surface area contributed by atoms with Crippen LogP contribution in [0.1, 0.15) is 31.8 Å². The van der Waals surface area contributed by atoms with Gasteiger partial charge in [-0.2, -0.15) is 0 Å². The standard InChI is InChI=1S/C26H23ClN6O2.2ClH/c27-20-12-18(25(34)32-21-5-1-3-16(14-21)23-28-7-8-29-23)11-19(13-20)26(35)33-22-6-2-4-17(15-22)24-30-9-10-31-24;;/h1-6,11-15H,7-10H2,(H,28,29)(H,30,31)(H,32,34)(H,33,35);2*1H. The SMILES string of the molecule is Cl.Cl.O=C(Nc1cccc(C2=NCCN2)c1)c1cc(Cl)cc(C(=O)Nc2cccc(C3=NCCN3)c2)c1. The van der Waals surface area contributed by atoms with E-state index in [0.29, 0.717) is 16.4 Å². The molecule has 2 amide bonds. The van der Waals surface area contributed by atoms with E-state index in [4.69, 9.17) is 11.6 Å². The van der Waals surface area contributed by atoms with Crippen molar-refractivity contribution in [3.8, 4) is 0 Å². The molecule has 8 nitrogen and oxygen atoms in total. The number of hydrogen-bond acceptors (Lipinski definition) is 6. The van der Waals surface area contributed by atoms with Gasteiger partial charge in [0.05, 0.1) is 13.1 Å². The zero-order valence-corrected chi connectivity index (χ0v) is 22.0. The summed E-state index contributed by atoms with van der Waals surface area (Å²) in [7, 11) is 0. The molecule has 0 aliphatic carbocycles. The van der Waals surface area contributed by atoms with Gasteiger partial charge in [0.1, 0.15) is 11.7 Å². The van der Waals surface area contributed by atoms with Crippen molar-refractivity contribution in [2.45, 2.75) is 0 Å². The van der Waals surface area contributed by atoms with Gasteiger partial charge in [-0.1, -0.05) is 35.9 Å². The lowest BCUT2D eigenvalue weighted by Gasteiger charge is -2.11. The van der Waals surface area contributed by atoms with Gasteiger partial charge < -0.3 is 21.3 Å². The summed E-state index contributed by atoms with van der Waals surface area (Å²) in [4.78, 5) is 34.7. The maximum absolute atomic E-state index is 13.0. The highest BCUT2D eigenvalue weighted by atomic mass is 35.5. The Bertz CT molecular complexity index is 1280. The van der Waals surface area contributed by atoms with Crippen LogP contribution in [-0.4, -0.2) is 49.7 Å². The Morgan fingerprint density at radius 1 is 0.703 bits per heavy atom. The molecule has 0 radical (unpaired) electrons. The minimum absolute atomic E-state index is 0. The highest BCUT2D eigenvalue weighted by Gasteiger charge is 2.15. The largest absolute Gasteiger partial charge is 0.368 e. The van der Waals surface area contributed by atoms with Gasteiger partial charge in [0.25, 0.3) is 11.8 Å². The first kappa shape index (κ1) is 28.0. The van der Waals surface area contributed by atoms with E-state index in [9.17, 15) is 9.59 Å². The van der Waals surface area contributed by atoms with E-state index in [0.717, 1.165) is 49.0 Å². The third kappa shape index (κ3) is 6.80. The summed E-state index contributed by atoms with van der Waals surface area (Å²) in [5.41, 5.74) is 3.59. The zero-order chi connectivity index (χ0) is 24.2. The van der Waals surface area contributed by atoms with Gasteiger partial charge in [0.2, 0.25) is 0 Å². The second-order valence-electron chi connectivity index (χ2n) is 8.11. The average molecular weight is 560 g/mol. The third-order valence-corrected chi connectivity index (χ3v) is 5.78. The number of carbonyl (C=O) groups is 2. The van der Waals surface area contributed by atoms with E-state index in [1.54, 1.807) is 12.1 Å². The van der Waals surface area contributed by atoms with Gasteiger partial charge in [-0.3, -0.25) is 19.6 Å². The van der Waals surface area contributed by atoms with Gasteiger partial charge in [-0.15, -0.1) is 24.8 Å². The number of carbonyl (C=O) groups excluding carboxylic acids is 2. The topological polar surface area (TPSA) is 107 Å². The van der Waals surface area contributed by atoms with Crippen LogP contribution in [0.3, 0.4) is 0 Å². The van der Waals surface area contributed by atoms with Gasteiger partial charge >= 0.3 is 0 Å². The van der Waals surface area contributed by atoms with Gasteiger partial charge in [-0.05, 0) is 42.5 Å². The van der Waals surface area contributed by atoms with Crippen molar-refractivity contribution in [2.24, 2.45) is 9.98 Å². The highest BCUT2D eigenvalue weighted by molar-refractivity contribution is 6.31. The molecule has 0 fully saturated rings. The number of hydrogen-bond donors (Lipinski definition) is 4. The van der Waals surface area contributed by atoms with Crippen LogP contribution in [0.25, 0.3) is 0 Å². The summed E-state index contributed by atoms with van der Waals surface area (Å²) in [6, 6.07) is 19.4. The number of halogens is 3. The van der Waals surface area contributed by atoms with Gasteiger partial charge in [-0.25, -0.2) is 0 Å². The number of nitrogens with zero attached hydrogens (tertiary/aromatic N) is 2. The van der Waals surface area contributed by atoms with Crippen LogP contribution in [0.5, 0.6) is 0 Å². The Kier molecular flexibility index (Phi) is 9.52. The number of rotatable bonds is 6. The van der Waals surface area contributed by atoms with Crippen molar-refractivity contribution >= 4 is 71.3 Å². The van der Waals surface area contributed by atoms with E-state index < -0.39 is 0 Å². The molecule has 0 saturated heterocycles. The van der Waals surface area contributed by atoms with Crippen LogP contribution in [0.2, 0.25) is 5.02 Å². The van der Waals surface area contributed by atoms with E-state index in [2.05, 4.69) is 31.3 Å². The van der Waals surface area contributed by atoms with E-state index in [-0.39, 0.29) is 47.8 Å². The number of anilines is 2. The van der Waals surface area contributed by atoms with Crippen molar-refractivity contribution in [1.82, 2.24) is 10.6 Å². The molecule has 0 unspecified atom stereocenters. The van der Waals surface area contributed by atoms with Crippen molar-refractivity contribution < 1.29 is 9.59 Å². The van der Waals surface area contributed by atoms with Crippen molar-refractivity contribution in [1.29, 1.82) is 0 Å². The summed E-state index contributed by atoms with van der Waals surface area (Å²) in [6.45, 7) is 3.06. The van der Waals surface area contributed by atoms with Crippen LogP contribution in [-0.2, 0) is 0 Å². The predicted octanol–water partition coefficient (Wildman–Crippen LogP) is 4.39. The summed E-state index contributed by atoms with van der Waals surface area (Å²) >= 11 is 6.26. The molecule has 2 aliphatic rings. The minimum Gasteiger partial charge on any atom is -0.368 e. The molecule has 0 atom stereocenters. The fourth-order valence-corrected chi connectivity index (χ4v) is 4.16. The van der Waals surface area contributed by atoms with Crippen molar-refractivity contribution in [3.05, 3.63) is 94.0 Å². The van der Waals surface area contributed by atoms with Crippen LogP contribution in [0.15, 0.2) is 76.7 Å². The van der Waals surface area contributed by atoms with Crippen molar-refractivity contribution in [2.75, 3.05) is 36.8 Å². The molecule has 2 aliphatic heterocycles. The molecule has 3 aromatic rings. The first-order chi connectivity index (χ1) is 17.0. The van der Waals surface area contributed by atoms with Crippen molar-refractivity contribution in [3.63, 3.8) is 0 Å². The molecule has 192 valence electrons. The molecule has 4 N–H and O–H groups in total. The number of amidine groups is 2. The molecule has 37 heavy (non-hydrogen) atoms. The van der Waals surface area contributed by atoms with E-state index in [1.165, 1.54) is 18.2 Å². The second kappa shape index (κ2) is 12.6. The Balaban J connectivity index is 0.00000190. The second-order valence-corrected chi connectivity index (χ2v) is 8.55. The summed E-state index contributed by atoms with van der Waals surface area (Å²) < 4.78 is 0. The molecule has 2 heterocycles. The van der Waals surface area contributed by atoms with E-state index >= 15 is 0 Å².